The molecule has 0 spiro atoms. The van der Waals surface area contributed by atoms with Crippen LogP contribution in [-0.2, 0) is 0 Å². The van der Waals surface area contributed by atoms with Gasteiger partial charge in [0, 0.05) is 32.6 Å². The fourth-order valence-electron chi connectivity index (χ4n) is 8.71. The summed E-state index contributed by atoms with van der Waals surface area (Å²) in [6.45, 7) is 15.8. The highest BCUT2D eigenvalue weighted by molar-refractivity contribution is 6.15. The highest BCUT2D eigenvalue weighted by Crippen LogP contribution is 2.41. The first-order valence-corrected chi connectivity index (χ1v) is 18.3. The van der Waals surface area contributed by atoms with Crippen LogP contribution in [0.25, 0.3) is 103 Å². The molecule has 5 heteroatoms. The van der Waals surface area contributed by atoms with Crippen molar-refractivity contribution in [2.75, 3.05) is 0 Å². The quantitative estimate of drug-likeness (QED) is 0.163. The van der Waals surface area contributed by atoms with Crippen LogP contribution in [0.2, 0.25) is 0 Å². The summed E-state index contributed by atoms with van der Waals surface area (Å²) in [5, 5.41) is 6.94. The molecular formula is C50H29N5. The highest BCUT2D eigenvalue weighted by Gasteiger charge is 2.20. The fourth-order valence-corrected chi connectivity index (χ4v) is 8.71. The van der Waals surface area contributed by atoms with Gasteiger partial charge in [-0.15, -0.1) is 0 Å². The Bertz CT molecular complexity index is 3400. The minimum absolute atomic E-state index is 0.566. The zero-order valence-electron chi connectivity index (χ0n) is 29.5. The normalized spacial score (nSPS) is 11.6. The van der Waals surface area contributed by atoms with E-state index in [0.29, 0.717) is 11.4 Å². The Hall–Kier alpha value is -7.86. The number of hydrogen-bond donors (Lipinski definition) is 0. The molecule has 0 aliphatic rings. The maximum absolute atomic E-state index is 8.25. The maximum atomic E-state index is 8.25. The van der Waals surface area contributed by atoms with Gasteiger partial charge in [-0.05, 0) is 83.2 Å². The minimum atomic E-state index is 0.566. The summed E-state index contributed by atoms with van der Waals surface area (Å²) < 4.78 is 6.95. The van der Waals surface area contributed by atoms with E-state index in [4.69, 9.17) is 13.1 Å². The molecule has 11 aromatic rings. The predicted octanol–water partition coefficient (Wildman–Crippen LogP) is 13.7. The molecule has 254 valence electrons. The Labute approximate surface area is 316 Å². The molecule has 0 saturated carbocycles. The average molecular weight is 700 g/mol. The molecule has 0 aliphatic heterocycles. The topological polar surface area (TPSA) is 23.5 Å². The molecule has 0 aliphatic carbocycles. The van der Waals surface area contributed by atoms with Crippen LogP contribution in [0.15, 0.2) is 176 Å². The first-order chi connectivity index (χ1) is 27.2. The average Bonchev–Trinajstić information content (AvgIpc) is 3.89. The summed E-state index contributed by atoms with van der Waals surface area (Å²) in [5.74, 6) is 0. The Morgan fingerprint density at radius 3 is 1.47 bits per heavy atom. The smallest absolute Gasteiger partial charge is 0.211 e. The SMILES string of the molecule is [C-]#[N+]c1ccc2c(c1)c1ccccc1n2-c1ccc(-c2ccc(-n3c4ccccc4c4cccc(-n5c6ccccc6c6ccccc65)c43)cc2)cc1[N+]#[C-]. The molecule has 3 aromatic heterocycles. The second-order valence-corrected chi connectivity index (χ2v) is 13.9. The van der Waals surface area contributed by atoms with Gasteiger partial charge in [0.25, 0.3) is 0 Å². The Morgan fingerprint density at radius 1 is 0.345 bits per heavy atom. The lowest BCUT2D eigenvalue weighted by atomic mass is 10.0. The van der Waals surface area contributed by atoms with Crippen LogP contribution < -0.4 is 0 Å². The molecule has 5 nitrogen and oxygen atoms in total. The molecular weight excluding hydrogens is 671 g/mol. The lowest BCUT2D eigenvalue weighted by Crippen LogP contribution is -2.00. The van der Waals surface area contributed by atoms with Gasteiger partial charge >= 0.3 is 0 Å². The van der Waals surface area contributed by atoms with Gasteiger partial charge in [0.2, 0.25) is 5.69 Å². The van der Waals surface area contributed by atoms with Crippen LogP contribution in [-0.4, -0.2) is 13.7 Å². The van der Waals surface area contributed by atoms with Crippen molar-refractivity contribution in [3.8, 4) is 28.2 Å². The summed E-state index contributed by atoms with van der Waals surface area (Å²) >= 11 is 0. The molecule has 0 N–H and O–H groups in total. The first-order valence-electron chi connectivity index (χ1n) is 18.3. The van der Waals surface area contributed by atoms with Crippen LogP contribution in [0.4, 0.5) is 11.4 Å². The maximum Gasteiger partial charge on any atom is 0.211 e. The second kappa shape index (κ2) is 11.8. The van der Waals surface area contributed by atoms with Crippen molar-refractivity contribution in [3.05, 3.63) is 199 Å². The minimum Gasteiger partial charge on any atom is -0.319 e. The number of hydrogen-bond acceptors (Lipinski definition) is 0. The number of benzene rings is 8. The van der Waals surface area contributed by atoms with Crippen molar-refractivity contribution in [2.24, 2.45) is 0 Å². The summed E-state index contributed by atoms with van der Waals surface area (Å²) in [5.41, 5.74) is 12.8. The van der Waals surface area contributed by atoms with E-state index in [1.54, 1.807) is 0 Å². The standard InChI is InChI=1S/C50H29N5/c1-51-34-25-29-47-41(31-34)39-15-6-10-20-46(39)54(47)48-28-24-33(30-42(48)52-2)32-22-26-35(27-23-32)53-43-17-7-5-14-38(43)40-16-11-21-49(50(40)53)55-44-18-8-3-12-36(44)37-13-4-9-19-45(37)55/h3-31H. The zero-order chi connectivity index (χ0) is 36.6. The van der Waals surface area contributed by atoms with E-state index in [0.717, 1.165) is 61.0 Å². The molecule has 11 rings (SSSR count). The summed E-state index contributed by atoms with van der Waals surface area (Å²) in [6, 6.07) is 61.4. The lowest BCUT2D eigenvalue weighted by Gasteiger charge is -2.15. The number of rotatable bonds is 4. The monoisotopic (exact) mass is 699 g/mol. The molecule has 0 bridgehead atoms. The lowest BCUT2D eigenvalue weighted by molar-refractivity contribution is 1.13. The third-order valence-electron chi connectivity index (χ3n) is 11.1. The largest absolute Gasteiger partial charge is 0.319 e. The number of nitrogens with zero attached hydrogens (tertiary/aromatic N) is 5. The van der Waals surface area contributed by atoms with Gasteiger partial charge in [0.1, 0.15) is 0 Å². The molecule has 0 unspecified atom stereocenters. The van der Waals surface area contributed by atoms with Gasteiger partial charge in [0.05, 0.1) is 57.6 Å². The molecule has 0 atom stereocenters. The third kappa shape index (κ3) is 4.45. The van der Waals surface area contributed by atoms with Crippen molar-refractivity contribution in [3.63, 3.8) is 0 Å². The van der Waals surface area contributed by atoms with Crippen LogP contribution in [0.5, 0.6) is 0 Å². The fraction of sp³-hybridized carbons (Fsp3) is 0. The predicted molar refractivity (Wildman–Crippen MR) is 227 cm³/mol. The van der Waals surface area contributed by atoms with E-state index < -0.39 is 0 Å². The van der Waals surface area contributed by atoms with Crippen LogP contribution >= 0.6 is 0 Å². The summed E-state index contributed by atoms with van der Waals surface area (Å²) in [7, 11) is 0. The van der Waals surface area contributed by atoms with E-state index in [2.05, 4.69) is 163 Å². The van der Waals surface area contributed by atoms with Gasteiger partial charge in [0.15, 0.2) is 5.69 Å². The first kappa shape index (κ1) is 30.7. The Kier molecular flexibility index (Phi) is 6.61. The van der Waals surface area contributed by atoms with Crippen molar-refractivity contribution in [1.29, 1.82) is 0 Å². The molecule has 0 fully saturated rings. The zero-order valence-corrected chi connectivity index (χ0v) is 29.5. The van der Waals surface area contributed by atoms with Gasteiger partial charge in [-0.1, -0.05) is 109 Å². The highest BCUT2D eigenvalue weighted by atomic mass is 15.1. The van der Waals surface area contributed by atoms with E-state index in [1.807, 2.05) is 36.4 Å². The molecule has 0 radical (unpaired) electrons. The molecule has 55 heavy (non-hydrogen) atoms. The van der Waals surface area contributed by atoms with Crippen molar-refractivity contribution < 1.29 is 0 Å². The van der Waals surface area contributed by atoms with E-state index in [9.17, 15) is 0 Å². The van der Waals surface area contributed by atoms with Crippen molar-refractivity contribution in [1.82, 2.24) is 13.7 Å². The van der Waals surface area contributed by atoms with Crippen LogP contribution in [0.3, 0.4) is 0 Å². The molecule has 0 saturated heterocycles. The van der Waals surface area contributed by atoms with E-state index >= 15 is 0 Å². The number of fused-ring (bicyclic) bond motifs is 9. The van der Waals surface area contributed by atoms with Gasteiger partial charge < -0.3 is 13.7 Å². The van der Waals surface area contributed by atoms with Gasteiger partial charge in [-0.25, -0.2) is 9.69 Å². The van der Waals surface area contributed by atoms with Crippen molar-refractivity contribution >= 4 is 76.8 Å². The number of aromatic nitrogens is 3. The Balaban J connectivity index is 1.07. The van der Waals surface area contributed by atoms with Crippen molar-refractivity contribution in [2.45, 2.75) is 0 Å². The third-order valence-corrected chi connectivity index (χ3v) is 11.1. The van der Waals surface area contributed by atoms with Gasteiger partial charge in [-0.3, -0.25) is 0 Å². The molecule has 0 amide bonds. The Morgan fingerprint density at radius 2 is 0.855 bits per heavy atom. The number of para-hydroxylation sites is 5. The molecule has 8 aromatic carbocycles. The summed E-state index contributed by atoms with van der Waals surface area (Å²) in [4.78, 5) is 7.71. The van der Waals surface area contributed by atoms with Crippen LogP contribution in [0.1, 0.15) is 0 Å². The van der Waals surface area contributed by atoms with E-state index in [1.165, 1.54) is 32.6 Å². The van der Waals surface area contributed by atoms with E-state index in [-0.39, 0.29) is 0 Å². The van der Waals surface area contributed by atoms with Gasteiger partial charge in [-0.2, -0.15) is 0 Å². The van der Waals surface area contributed by atoms with Crippen LogP contribution in [0, 0.1) is 13.1 Å². The second-order valence-electron chi connectivity index (χ2n) is 13.9. The molecule has 3 heterocycles. The summed E-state index contributed by atoms with van der Waals surface area (Å²) in [6.07, 6.45) is 0.